The highest BCUT2D eigenvalue weighted by Gasteiger charge is 2.15. The Morgan fingerprint density at radius 2 is 1.82 bits per heavy atom. The van der Waals surface area contributed by atoms with Crippen LogP contribution in [0.4, 0.5) is 0 Å². The van der Waals surface area contributed by atoms with Crippen LogP contribution < -0.4 is 4.18 Å². The van der Waals surface area contributed by atoms with Crippen molar-refractivity contribution in [1.82, 2.24) is 4.98 Å². The average molecular weight is 249 g/mol. The van der Waals surface area contributed by atoms with Crippen LogP contribution in [0.1, 0.15) is 5.69 Å². The smallest absolute Gasteiger partial charge is 0.339 e. The summed E-state index contributed by atoms with van der Waals surface area (Å²) < 4.78 is 28.7. The van der Waals surface area contributed by atoms with Crippen LogP contribution in [-0.4, -0.2) is 13.4 Å². The minimum absolute atomic E-state index is 0.134. The number of rotatable bonds is 3. The minimum Gasteiger partial charge on any atom is -0.379 e. The molecule has 0 radical (unpaired) electrons. The molecule has 0 saturated carbocycles. The van der Waals surface area contributed by atoms with Crippen LogP contribution in [-0.2, 0) is 10.1 Å². The minimum atomic E-state index is -3.76. The lowest BCUT2D eigenvalue weighted by atomic mass is 10.4. The molecule has 1 aromatic heterocycles. The Morgan fingerprint density at radius 1 is 1.12 bits per heavy atom. The van der Waals surface area contributed by atoms with Gasteiger partial charge in [-0.05, 0) is 19.1 Å². The Morgan fingerprint density at radius 3 is 2.47 bits per heavy atom. The first-order valence-electron chi connectivity index (χ1n) is 5.00. The predicted molar refractivity (Wildman–Crippen MR) is 63.2 cm³/mol. The van der Waals surface area contributed by atoms with E-state index < -0.39 is 10.1 Å². The zero-order valence-corrected chi connectivity index (χ0v) is 10.0. The molecule has 17 heavy (non-hydrogen) atoms. The van der Waals surface area contributed by atoms with E-state index in [-0.39, 0.29) is 10.6 Å². The first-order chi connectivity index (χ1) is 8.08. The highest BCUT2D eigenvalue weighted by molar-refractivity contribution is 7.87. The molecule has 0 N–H and O–H groups in total. The molecule has 0 bridgehead atoms. The lowest BCUT2D eigenvalue weighted by molar-refractivity contribution is 0.485. The quantitative estimate of drug-likeness (QED) is 0.782. The molecule has 0 unspecified atom stereocenters. The zero-order valence-electron chi connectivity index (χ0n) is 9.20. The van der Waals surface area contributed by atoms with E-state index in [1.807, 2.05) is 0 Å². The van der Waals surface area contributed by atoms with Crippen LogP contribution in [0.15, 0.2) is 53.6 Å². The fourth-order valence-electron chi connectivity index (χ4n) is 1.33. The summed E-state index contributed by atoms with van der Waals surface area (Å²) in [5, 5.41) is 0. The van der Waals surface area contributed by atoms with Crippen molar-refractivity contribution in [3.05, 3.63) is 54.4 Å². The normalized spacial score (nSPS) is 11.1. The summed E-state index contributed by atoms with van der Waals surface area (Å²) in [5.41, 5.74) is 0.700. The van der Waals surface area contributed by atoms with Gasteiger partial charge in [-0.3, -0.25) is 4.98 Å². The van der Waals surface area contributed by atoms with Crippen LogP contribution in [0, 0.1) is 6.92 Å². The summed E-state index contributed by atoms with van der Waals surface area (Å²) in [5.74, 6) is 0.265. The van der Waals surface area contributed by atoms with Crippen molar-refractivity contribution < 1.29 is 12.6 Å². The van der Waals surface area contributed by atoms with Crippen LogP contribution in [0.25, 0.3) is 0 Å². The third-order valence-electron chi connectivity index (χ3n) is 2.11. The van der Waals surface area contributed by atoms with Gasteiger partial charge >= 0.3 is 10.1 Å². The molecular formula is C12H11NO3S. The van der Waals surface area contributed by atoms with E-state index in [1.165, 1.54) is 24.4 Å². The molecule has 0 aliphatic heterocycles. The van der Waals surface area contributed by atoms with Crippen LogP contribution in [0.2, 0.25) is 0 Å². The molecule has 2 rings (SSSR count). The SMILES string of the molecule is Cc1cc(OS(=O)(=O)c2ccccc2)ccn1. The van der Waals surface area contributed by atoms with Crippen molar-refractivity contribution in [1.29, 1.82) is 0 Å². The molecule has 5 heteroatoms. The molecule has 2 aromatic rings. The number of benzene rings is 1. The number of aryl methyl sites for hydroxylation is 1. The highest BCUT2D eigenvalue weighted by Crippen LogP contribution is 2.18. The van der Waals surface area contributed by atoms with E-state index in [2.05, 4.69) is 4.98 Å². The monoisotopic (exact) mass is 249 g/mol. The number of hydrogen-bond acceptors (Lipinski definition) is 4. The summed E-state index contributed by atoms with van der Waals surface area (Å²) in [7, 11) is -3.76. The van der Waals surface area contributed by atoms with Crippen molar-refractivity contribution in [2.24, 2.45) is 0 Å². The Balaban J connectivity index is 2.30. The van der Waals surface area contributed by atoms with Gasteiger partial charge in [0.1, 0.15) is 10.6 Å². The van der Waals surface area contributed by atoms with Gasteiger partial charge in [-0.1, -0.05) is 18.2 Å². The standard InChI is InChI=1S/C12H11NO3S/c1-10-9-11(7-8-13-10)16-17(14,15)12-5-3-2-4-6-12/h2-9H,1H3. The van der Waals surface area contributed by atoms with E-state index in [9.17, 15) is 8.42 Å². The van der Waals surface area contributed by atoms with Crippen molar-refractivity contribution >= 4 is 10.1 Å². The predicted octanol–water partition coefficient (Wildman–Crippen LogP) is 2.16. The summed E-state index contributed by atoms with van der Waals surface area (Å²) in [6.45, 7) is 1.77. The molecule has 1 aromatic carbocycles. The molecule has 0 aliphatic carbocycles. The fraction of sp³-hybridized carbons (Fsp3) is 0.0833. The van der Waals surface area contributed by atoms with Crippen molar-refractivity contribution in [2.45, 2.75) is 11.8 Å². The van der Waals surface area contributed by atoms with Crippen molar-refractivity contribution in [2.75, 3.05) is 0 Å². The van der Waals surface area contributed by atoms with E-state index in [0.717, 1.165) is 0 Å². The van der Waals surface area contributed by atoms with Gasteiger partial charge in [-0.15, -0.1) is 0 Å². The van der Waals surface area contributed by atoms with Crippen LogP contribution >= 0.6 is 0 Å². The third-order valence-corrected chi connectivity index (χ3v) is 3.37. The average Bonchev–Trinajstić information content (AvgIpc) is 2.29. The molecule has 0 atom stereocenters. The lowest BCUT2D eigenvalue weighted by Gasteiger charge is -2.06. The Labute approximate surface area is 100 Å². The molecule has 0 amide bonds. The van der Waals surface area contributed by atoms with Crippen LogP contribution in [0.5, 0.6) is 5.75 Å². The summed E-state index contributed by atoms with van der Waals surface area (Å²) in [4.78, 5) is 4.10. The molecule has 1 heterocycles. The first kappa shape index (κ1) is 11.6. The number of aromatic nitrogens is 1. The number of hydrogen-bond donors (Lipinski definition) is 0. The second kappa shape index (κ2) is 4.55. The second-order valence-corrected chi connectivity index (χ2v) is 5.03. The van der Waals surface area contributed by atoms with E-state index in [1.54, 1.807) is 31.2 Å². The van der Waals surface area contributed by atoms with E-state index in [4.69, 9.17) is 4.18 Å². The van der Waals surface area contributed by atoms with E-state index >= 15 is 0 Å². The summed E-state index contributed by atoms with van der Waals surface area (Å²) in [6.07, 6.45) is 1.51. The maximum atomic E-state index is 11.9. The first-order valence-corrected chi connectivity index (χ1v) is 6.41. The van der Waals surface area contributed by atoms with Gasteiger partial charge in [-0.2, -0.15) is 8.42 Å². The number of pyridine rings is 1. The Hall–Kier alpha value is -1.88. The molecule has 88 valence electrons. The summed E-state index contributed by atoms with van der Waals surface area (Å²) >= 11 is 0. The Kier molecular flexibility index (Phi) is 3.10. The largest absolute Gasteiger partial charge is 0.379 e. The third kappa shape index (κ3) is 2.82. The molecular weight excluding hydrogens is 238 g/mol. The molecule has 0 fully saturated rings. The van der Waals surface area contributed by atoms with Gasteiger partial charge in [0, 0.05) is 24.0 Å². The highest BCUT2D eigenvalue weighted by atomic mass is 32.2. The van der Waals surface area contributed by atoms with Crippen molar-refractivity contribution in [3.8, 4) is 5.75 Å². The van der Waals surface area contributed by atoms with Gasteiger partial charge in [0.15, 0.2) is 0 Å². The van der Waals surface area contributed by atoms with Gasteiger partial charge in [-0.25, -0.2) is 0 Å². The topological polar surface area (TPSA) is 56.3 Å². The van der Waals surface area contributed by atoms with Gasteiger partial charge in [0.25, 0.3) is 0 Å². The maximum Gasteiger partial charge on any atom is 0.339 e. The second-order valence-electron chi connectivity index (χ2n) is 3.48. The lowest BCUT2D eigenvalue weighted by Crippen LogP contribution is -2.09. The zero-order chi connectivity index (χ0) is 12.3. The molecule has 0 saturated heterocycles. The number of nitrogens with zero attached hydrogens (tertiary/aromatic N) is 1. The maximum absolute atomic E-state index is 11.9. The van der Waals surface area contributed by atoms with Gasteiger partial charge in [0.05, 0.1) is 0 Å². The van der Waals surface area contributed by atoms with Gasteiger partial charge in [0.2, 0.25) is 0 Å². The molecule has 4 nitrogen and oxygen atoms in total. The summed E-state index contributed by atoms with van der Waals surface area (Å²) in [6, 6.07) is 11.1. The van der Waals surface area contributed by atoms with Gasteiger partial charge < -0.3 is 4.18 Å². The van der Waals surface area contributed by atoms with Crippen molar-refractivity contribution in [3.63, 3.8) is 0 Å². The van der Waals surface area contributed by atoms with E-state index in [0.29, 0.717) is 5.69 Å². The molecule has 0 aliphatic rings. The Bertz CT molecular complexity index is 609. The van der Waals surface area contributed by atoms with Crippen LogP contribution in [0.3, 0.4) is 0 Å². The molecule has 0 spiro atoms. The fourth-order valence-corrected chi connectivity index (χ4v) is 2.28.